The zero-order chi connectivity index (χ0) is 19.6. The third-order valence-electron chi connectivity index (χ3n) is 4.18. The molecule has 0 aliphatic heterocycles. The van der Waals surface area contributed by atoms with Crippen molar-refractivity contribution in [1.82, 2.24) is 5.32 Å². The Labute approximate surface area is 171 Å². The third kappa shape index (κ3) is 7.19. The largest absolute Gasteiger partial charge is 0.364 e. The van der Waals surface area contributed by atoms with E-state index in [1.54, 1.807) is 11.0 Å². The summed E-state index contributed by atoms with van der Waals surface area (Å²) in [5.74, 6) is -0.203. The smallest absolute Gasteiger partial charge is 0.245 e. The second-order valence-corrected chi connectivity index (χ2v) is 7.28. The highest BCUT2D eigenvalue weighted by atomic mass is 35.5. The Kier molecular flexibility index (Phi) is 8.55. The van der Waals surface area contributed by atoms with E-state index < -0.39 is 0 Å². The van der Waals surface area contributed by atoms with Crippen LogP contribution in [0.15, 0.2) is 48.5 Å². The number of carbonyl (C=O) groups excluding carboxylic acids is 1. The van der Waals surface area contributed by atoms with Gasteiger partial charge in [-0.05, 0) is 54.9 Å². The van der Waals surface area contributed by atoms with Crippen LogP contribution in [0.5, 0.6) is 0 Å². The van der Waals surface area contributed by atoms with Crippen molar-refractivity contribution in [2.75, 3.05) is 23.8 Å². The fourth-order valence-corrected chi connectivity index (χ4v) is 3.24. The van der Waals surface area contributed by atoms with Crippen LogP contribution >= 0.6 is 23.8 Å². The van der Waals surface area contributed by atoms with Crippen molar-refractivity contribution in [3.8, 4) is 0 Å². The monoisotopic (exact) mass is 403 g/mol. The lowest BCUT2D eigenvalue weighted by atomic mass is 10.1. The molecule has 2 rings (SSSR count). The molecular weight excluding hydrogens is 378 g/mol. The van der Waals surface area contributed by atoms with Crippen LogP contribution in [-0.4, -0.2) is 24.6 Å². The number of aryl methyl sites for hydroxylation is 1. The minimum atomic E-state index is -0.203. The first-order valence-electron chi connectivity index (χ1n) is 9.15. The van der Waals surface area contributed by atoms with Gasteiger partial charge in [-0.3, -0.25) is 4.79 Å². The molecule has 0 saturated heterocycles. The number of anilines is 2. The molecule has 0 radical (unpaired) electrons. The van der Waals surface area contributed by atoms with Gasteiger partial charge in [0.1, 0.15) is 0 Å². The summed E-state index contributed by atoms with van der Waals surface area (Å²) in [4.78, 5) is 14.0. The van der Waals surface area contributed by atoms with E-state index in [1.807, 2.05) is 37.4 Å². The second kappa shape index (κ2) is 10.9. The molecule has 0 saturated carbocycles. The van der Waals surface area contributed by atoms with Gasteiger partial charge in [-0.25, -0.2) is 0 Å². The number of rotatable bonds is 8. The van der Waals surface area contributed by atoms with Crippen LogP contribution in [-0.2, 0) is 11.2 Å². The molecule has 1 amide bonds. The molecule has 0 aromatic heterocycles. The van der Waals surface area contributed by atoms with Crippen molar-refractivity contribution in [2.45, 2.75) is 32.6 Å². The maximum absolute atomic E-state index is 12.2. The van der Waals surface area contributed by atoms with Crippen LogP contribution in [0.1, 0.15) is 31.7 Å². The Bertz CT molecular complexity index is 764. The molecule has 0 atom stereocenters. The predicted octanol–water partition coefficient (Wildman–Crippen LogP) is 5.02. The third-order valence-corrected chi connectivity index (χ3v) is 4.70. The maximum atomic E-state index is 12.2. The predicted molar refractivity (Wildman–Crippen MR) is 119 cm³/mol. The number of hydrogen-bond donors (Lipinski definition) is 2. The Hall–Kier alpha value is -2.11. The summed E-state index contributed by atoms with van der Waals surface area (Å²) < 4.78 is 0. The van der Waals surface area contributed by atoms with Gasteiger partial charge in [0.2, 0.25) is 5.91 Å². The van der Waals surface area contributed by atoms with E-state index in [9.17, 15) is 4.79 Å². The number of amides is 1. The number of unbranched alkanes of at least 4 members (excludes halogenated alkanes) is 2. The molecule has 6 heteroatoms. The Morgan fingerprint density at radius 3 is 2.48 bits per heavy atom. The van der Waals surface area contributed by atoms with E-state index >= 15 is 0 Å². The summed E-state index contributed by atoms with van der Waals surface area (Å²) >= 11 is 11.4. The Balaban J connectivity index is 1.81. The maximum Gasteiger partial charge on any atom is 0.245 e. The SMILES string of the molecule is CCCCCc1ccc(NC(=S)NC(=O)CN(C)c2ccccc2Cl)cc1. The van der Waals surface area contributed by atoms with E-state index in [2.05, 4.69) is 29.7 Å². The molecule has 2 aromatic rings. The van der Waals surface area contributed by atoms with Crippen LogP contribution in [0.3, 0.4) is 0 Å². The Morgan fingerprint density at radius 1 is 1.11 bits per heavy atom. The number of thiocarbonyl (C=S) groups is 1. The van der Waals surface area contributed by atoms with Crippen molar-refractivity contribution >= 4 is 46.2 Å². The molecule has 27 heavy (non-hydrogen) atoms. The van der Waals surface area contributed by atoms with Crippen LogP contribution in [0.4, 0.5) is 11.4 Å². The zero-order valence-corrected chi connectivity index (χ0v) is 17.4. The minimum Gasteiger partial charge on any atom is -0.364 e. The number of nitrogens with one attached hydrogen (secondary N) is 2. The first-order valence-corrected chi connectivity index (χ1v) is 9.93. The van der Waals surface area contributed by atoms with Gasteiger partial charge in [-0.15, -0.1) is 0 Å². The van der Waals surface area contributed by atoms with Gasteiger partial charge >= 0.3 is 0 Å². The summed E-state index contributed by atoms with van der Waals surface area (Å²) in [6.07, 6.45) is 4.76. The van der Waals surface area contributed by atoms with Gasteiger partial charge in [0.15, 0.2) is 5.11 Å². The van der Waals surface area contributed by atoms with Gasteiger partial charge < -0.3 is 15.5 Å². The molecule has 0 bridgehead atoms. The zero-order valence-electron chi connectivity index (χ0n) is 15.8. The highest BCUT2D eigenvalue weighted by Gasteiger charge is 2.11. The first kappa shape index (κ1) is 21.2. The summed E-state index contributed by atoms with van der Waals surface area (Å²) in [6, 6.07) is 15.5. The van der Waals surface area contributed by atoms with Crippen molar-refractivity contribution < 1.29 is 4.79 Å². The number of para-hydroxylation sites is 1. The molecule has 0 aliphatic carbocycles. The van der Waals surface area contributed by atoms with Gasteiger partial charge in [-0.2, -0.15) is 0 Å². The van der Waals surface area contributed by atoms with Crippen molar-refractivity contribution in [1.29, 1.82) is 0 Å². The topological polar surface area (TPSA) is 44.4 Å². The summed E-state index contributed by atoms with van der Waals surface area (Å²) in [5, 5.41) is 6.64. The highest BCUT2D eigenvalue weighted by Crippen LogP contribution is 2.23. The quantitative estimate of drug-likeness (QED) is 0.479. The molecule has 0 fully saturated rings. The van der Waals surface area contributed by atoms with Crippen molar-refractivity contribution in [3.63, 3.8) is 0 Å². The normalized spacial score (nSPS) is 10.3. The minimum absolute atomic E-state index is 0.155. The van der Waals surface area contributed by atoms with E-state index in [4.69, 9.17) is 23.8 Å². The molecule has 2 N–H and O–H groups in total. The molecule has 4 nitrogen and oxygen atoms in total. The number of benzene rings is 2. The van der Waals surface area contributed by atoms with E-state index in [0.717, 1.165) is 17.8 Å². The molecule has 0 heterocycles. The number of likely N-dealkylation sites (N-methyl/N-ethyl adjacent to an activating group) is 1. The lowest BCUT2D eigenvalue weighted by Gasteiger charge is -2.20. The molecule has 0 spiro atoms. The van der Waals surface area contributed by atoms with Crippen LogP contribution in [0, 0.1) is 0 Å². The van der Waals surface area contributed by atoms with Crippen LogP contribution in [0.2, 0.25) is 5.02 Å². The second-order valence-electron chi connectivity index (χ2n) is 6.46. The standard InChI is InChI=1S/C21H26ClN3OS/c1-3-4-5-8-16-11-13-17(14-12-16)23-21(27)24-20(26)15-25(2)19-10-7-6-9-18(19)22/h6-7,9-14H,3-5,8,15H2,1-2H3,(H2,23,24,26,27). The number of carbonyl (C=O) groups is 1. The summed E-state index contributed by atoms with van der Waals surface area (Å²) in [5.41, 5.74) is 2.97. The summed E-state index contributed by atoms with van der Waals surface area (Å²) in [6.45, 7) is 2.36. The number of nitrogens with zero attached hydrogens (tertiary/aromatic N) is 1. The van der Waals surface area contributed by atoms with Crippen molar-refractivity contribution in [3.05, 3.63) is 59.1 Å². The number of hydrogen-bond acceptors (Lipinski definition) is 3. The fraction of sp³-hybridized carbons (Fsp3) is 0.333. The van der Waals surface area contributed by atoms with Gasteiger partial charge in [0, 0.05) is 12.7 Å². The average Bonchev–Trinajstić information content (AvgIpc) is 2.63. The fourth-order valence-electron chi connectivity index (χ4n) is 2.72. The lowest BCUT2D eigenvalue weighted by Crippen LogP contribution is -2.40. The van der Waals surface area contributed by atoms with Gasteiger partial charge in [-0.1, -0.05) is 55.6 Å². The van der Waals surface area contributed by atoms with Gasteiger partial charge in [0.05, 0.1) is 17.3 Å². The highest BCUT2D eigenvalue weighted by molar-refractivity contribution is 7.80. The average molecular weight is 404 g/mol. The molecule has 0 aliphatic rings. The number of halogens is 1. The van der Waals surface area contributed by atoms with Crippen molar-refractivity contribution in [2.24, 2.45) is 0 Å². The van der Waals surface area contributed by atoms with E-state index in [0.29, 0.717) is 5.02 Å². The molecule has 144 valence electrons. The van der Waals surface area contributed by atoms with Gasteiger partial charge in [0.25, 0.3) is 0 Å². The Morgan fingerprint density at radius 2 is 1.81 bits per heavy atom. The van der Waals surface area contributed by atoms with E-state index in [-0.39, 0.29) is 17.6 Å². The lowest BCUT2D eigenvalue weighted by molar-refractivity contribution is -0.118. The first-order chi connectivity index (χ1) is 13.0. The van der Waals surface area contributed by atoms with Crippen LogP contribution in [0.25, 0.3) is 0 Å². The molecule has 2 aromatic carbocycles. The molecular formula is C21H26ClN3OS. The van der Waals surface area contributed by atoms with E-state index in [1.165, 1.54) is 24.8 Å². The van der Waals surface area contributed by atoms with Crippen LogP contribution < -0.4 is 15.5 Å². The summed E-state index contributed by atoms with van der Waals surface area (Å²) in [7, 11) is 1.81. The molecule has 0 unspecified atom stereocenters.